The van der Waals surface area contributed by atoms with Crippen molar-refractivity contribution in [1.29, 1.82) is 0 Å². The van der Waals surface area contributed by atoms with Crippen molar-refractivity contribution in [2.24, 2.45) is 0 Å². The van der Waals surface area contributed by atoms with Gasteiger partial charge >= 0.3 is 0 Å². The molecule has 27 heavy (non-hydrogen) atoms. The Morgan fingerprint density at radius 3 is 2.93 bits per heavy atom. The van der Waals surface area contributed by atoms with Crippen molar-refractivity contribution in [3.05, 3.63) is 65.2 Å². The van der Waals surface area contributed by atoms with Crippen LogP contribution in [0.5, 0.6) is 0 Å². The van der Waals surface area contributed by atoms with E-state index in [0.717, 1.165) is 41.7 Å². The maximum Gasteiger partial charge on any atom is 0.272 e. The molecule has 140 valence electrons. The average molecular weight is 384 g/mol. The van der Waals surface area contributed by atoms with Gasteiger partial charge in [-0.15, -0.1) is 0 Å². The molecule has 0 unspecified atom stereocenters. The fourth-order valence-corrected chi connectivity index (χ4v) is 3.62. The number of fused-ring (bicyclic) bond motifs is 1. The molecule has 3 heterocycles. The Morgan fingerprint density at radius 2 is 2.04 bits per heavy atom. The zero-order chi connectivity index (χ0) is 18.6. The van der Waals surface area contributed by atoms with Crippen molar-refractivity contribution in [2.75, 3.05) is 26.3 Å². The van der Waals surface area contributed by atoms with Crippen molar-refractivity contribution < 1.29 is 9.53 Å². The summed E-state index contributed by atoms with van der Waals surface area (Å²) in [4.78, 5) is 19.0. The predicted molar refractivity (Wildman–Crippen MR) is 106 cm³/mol. The van der Waals surface area contributed by atoms with E-state index in [9.17, 15) is 4.79 Å². The summed E-state index contributed by atoms with van der Waals surface area (Å²) in [6, 6.07) is 9.82. The van der Waals surface area contributed by atoms with Crippen molar-refractivity contribution in [1.82, 2.24) is 14.5 Å². The van der Waals surface area contributed by atoms with Crippen LogP contribution in [0.1, 0.15) is 22.5 Å². The maximum absolute atomic E-state index is 12.7. The minimum Gasteiger partial charge on any atom is -0.380 e. The molecule has 3 aromatic rings. The molecule has 6 heteroatoms. The summed E-state index contributed by atoms with van der Waals surface area (Å²) >= 11 is 6.05. The summed E-state index contributed by atoms with van der Waals surface area (Å²) in [5.41, 5.74) is 1.70. The van der Waals surface area contributed by atoms with Gasteiger partial charge in [-0.1, -0.05) is 23.7 Å². The second-order valence-electron chi connectivity index (χ2n) is 6.83. The van der Waals surface area contributed by atoms with Crippen LogP contribution in [0.4, 0.5) is 0 Å². The minimum atomic E-state index is -0.0194. The van der Waals surface area contributed by atoms with Crippen molar-refractivity contribution in [3.63, 3.8) is 0 Å². The SMILES string of the molecule is O=C(c1cc2cn(CCc3cccc(Cl)c3)cc2cn1)N1CCCOCC1. The van der Waals surface area contributed by atoms with Gasteiger partial charge in [-0.05, 0) is 36.6 Å². The number of aryl methyl sites for hydroxylation is 2. The third-order valence-corrected chi connectivity index (χ3v) is 5.09. The number of hydrogen-bond acceptors (Lipinski definition) is 3. The molecule has 1 aromatic carbocycles. The first-order valence-electron chi connectivity index (χ1n) is 9.26. The van der Waals surface area contributed by atoms with Crippen LogP contribution in [0.3, 0.4) is 0 Å². The van der Waals surface area contributed by atoms with Gasteiger partial charge in [0.25, 0.3) is 5.91 Å². The molecule has 0 aliphatic carbocycles. The Kier molecular flexibility index (Phi) is 5.41. The molecule has 1 aliphatic heterocycles. The van der Waals surface area contributed by atoms with Crippen LogP contribution in [0.2, 0.25) is 5.02 Å². The number of aromatic nitrogens is 2. The number of ether oxygens (including phenoxy) is 1. The standard InChI is InChI=1S/C21H22ClN3O2/c22-19-4-1-3-16(11-19)5-7-24-14-17-12-20(23-13-18(17)15-24)21(26)25-6-2-9-27-10-8-25/h1,3-4,11-15H,2,5-10H2. The number of carbonyl (C=O) groups is 1. The van der Waals surface area contributed by atoms with E-state index in [2.05, 4.69) is 28.0 Å². The van der Waals surface area contributed by atoms with Crippen LogP contribution in [0.25, 0.3) is 10.8 Å². The zero-order valence-corrected chi connectivity index (χ0v) is 15.9. The quantitative estimate of drug-likeness (QED) is 0.688. The number of rotatable bonds is 4. The first-order chi connectivity index (χ1) is 13.2. The summed E-state index contributed by atoms with van der Waals surface area (Å²) in [6.07, 6.45) is 7.69. The summed E-state index contributed by atoms with van der Waals surface area (Å²) in [6.45, 7) is 3.50. The Labute approximate surface area is 163 Å². The maximum atomic E-state index is 12.7. The molecule has 4 rings (SSSR count). The fraction of sp³-hybridized carbons (Fsp3) is 0.333. The molecule has 1 amide bonds. The summed E-state index contributed by atoms with van der Waals surface area (Å²) in [7, 11) is 0. The van der Waals surface area contributed by atoms with Crippen molar-refractivity contribution in [2.45, 2.75) is 19.4 Å². The third kappa shape index (κ3) is 4.31. The number of amides is 1. The van der Waals surface area contributed by atoms with Crippen molar-refractivity contribution in [3.8, 4) is 0 Å². The molecule has 0 bridgehead atoms. The number of benzene rings is 1. The largest absolute Gasteiger partial charge is 0.380 e. The van der Waals surface area contributed by atoms with E-state index in [0.29, 0.717) is 25.5 Å². The second-order valence-corrected chi connectivity index (χ2v) is 7.27. The minimum absolute atomic E-state index is 0.0194. The Morgan fingerprint density at radius 1 is 1.15 bits per heavy atom. The van der Waals surface area contributed by atoms with E-state index in [4.69, 9.17) is 16.3 Å². The van der Waals surface area contributed by atoms with Crippen LogP contribution in [-0.2, 0) is 17.7 Å². The van der Waals surface area contributed by atoms with Crippen LogP contribution in [0.15, 0.2) is 48.9 Å². The van der Waals surface area contributed by atoms with E-state index < -0.39 is 0 Å². The van der Waals surface area contributed by atoms with E-state index >= 15 is 0 Å². The van der Waals surface area contributed by atoms with Gasteiger partial charge < -0.3 is 14.2 Å². The van der Waals surface area contributed by atoms with Gasteiger partial charge in [0.05, 0.1) is 6.61 Å². The smallest absolute Gasteiger partial charge is 0.272 e. The van der Waals surface area contributed by atoms with Gasteiger partial charge in [0.1, 0.15) is 5.69 Å². The highest BCUT2D eigenvalue weighted by Gasteiger charge is 2.19. The lowest BCUT2D eigenvalue weighted by molar-refractivity contribution is 0.0736. The first-order valence-corrected chi connectivity index (χ1v) is 9.64. The lowest BCUT2D eigenvalue weighted by Gasteiger charge is -2.18. The van der Waals surface area contributed by atoms with Gasteiger partial charge in [0, 0.05) is 60.6 Å². The molecule has 5 nitrogen and oxygen atoms in total. The summed E-state index contributed by atoms with van der Waals surface area (Å²) in [5.74, 6) is -0.0194. The molecule has 0 saturated carbocycles. The van der Waals surface area contributed by atoms with Crippen molar-refractivity contribution >= 4 is 28.3 Å². The highest BCUT2D eigenvalue weighted by molar-refractivity contribution is 6.30. The summed E-state index contributed by atoms with van der Waals surface area (Å²) in [5, 5.41) is 2.83. The van der Waals surface area contributed by atoms with Gasteiger partial charge in [0.2, 0.25) is 0 Å². The Bertz CT molecular complexity index is 946. The monoisotopic (exact) mass is 383 g/mol. The van der Waals surface area contributed by atoms with Gasteiger partial charge in [0.15, 0.2) is 0 Å². The summed E-state index contributed by atoms with van der Waals surface area (Å²) < 4.78 is 7.57. The van der Waals surface area contributed by atoms with Crippen LogP contribution in [-0.4, -0.2) is 46.7 Å². The third-order valence-electron chi connectivity index (χ3n) is 4.85. The van der Waals surface area contributed by atoms with E-state index in [1.807, 2.05) is 29.2 Å². The van der Waals surface area contributed by atoms with Crippen LogP contribution >= 0.6 is 11.6 Å². The first kappa shape index (κ1) is 18.0. The topological polar surface area (TPSA) is 47.4 Å². The molecular weight excluding hydrogens is 362 g/mol. The lowest BCUT2D eigenvalue weighted by atomic mass is 10.1. The number of pyridine rings is 1. The number of nitrogens with zero attached hydrogens (tertiary/aromatic N) is 3. The molecule has 0 atom stereocenters. The molecule has 1 aliphatic rings. The second kappa shape index (κ2) is 8.11. The van der Waals surface area contributed by atoms with Crippen LogP contribution in [0, 0.1) is 0 Å². The van der Waals surface area contributed by atoms with Crippen LogP contribution < -0.4 is 0 Å². The predicted octanol–water partition coefficient (Wildman–Crippen LogP) is 3.79. The number of carbonyl (C=O) groups excluding carboxylic acids is 1. The Balaban J connectivity index is 1.48. The fourth-order valence-electron chi connectivity index (χ4n) is 3.40. The average Bonchev–Trinajstić information content (AvgIpc) is 2.89. The molecule has 0 spiro atoms. The highest BCUT2D eigenvalue weighted by atomic mass is 35.5. The zero-order valence-electron chi connectivity index (χ0n) is 15.1. The van der Waals surface area contributed by atoms with E-state index in [1.165, 1.54) is 5.56 Å². The molecule has 1 saturated heterocycles. The molecule has 2 aromatic heterocycles. The Hall–Kier alpha value is -2.37. The van der Waals surface area contributed by atoms with Gasteiger partial charge in [-0.3, -0.25) is 9.78 Å². The highest BCUT2D eigenvalue weighted by Crippen LogP contribution is 2.18. The van der Waals surface area contributed by atoms with Gasteiger partial charge in [-0.2, -0.15) is 0 Å². The molecule has 1 fully saturated rings. The van der Waals surface area contributed by atoms with E-state index in [1.54, 1.807) is 6.20 Å². The lowest BCUT2D eigenvalue weighted by Crippen LogP contribution is -2.33. The van der Waals surface area contributed by atoms with Gasteiger partial charge in [-0.25, -0.2) is 0 Å². The molecule has 0 radical (unpaired) electrons. The number of hydrogen-bond donors (Lipinski definition) is 0. The number of halogens is 1. The molecule has 0 N–H and O–H groups in total. The molecular formula is C21H22ClN3O2. The normalized spacial score (nSPS) is 15.1. The van der Waals surface area contributed by atoms with E-state index in [-0.39, 0.29) is 5.91 Å².